The van der Waals surface area contributed by atoms with E-state index in [-0.39, 0.29) is 11.2 Å². The number of hydrogen-bond acceptors (Lipinski definition) is 3. The van der Waals surface area contributed by atoms with Gasteiger partial charge in [-0.05, 0) is 29.8 Å². The highest BCUT2D eigenvalue weighted by atomic mass is 79.9. The molecule has 19 heavy (non-hydrogen) atoms. The number of carbonyl (C=O) groups excluding carboxylic acids is 1. The molecule has 0 aliphatic carbocycles. The number of carbonyl (C=O) groups is 1. The van der Waals surface area contributed by atoms with Crippen molar-refractivity contribution in [2.24, 2.45) is 0 Å². The first-order valence-corrected chi connectivity index (χ1v) is 7.59. The lowest BCUT2D eigenvalue weighted by atomic mass is 10.1. The third-order valence-corrected chi connectivity index (χ3v) is 4.82. The normalized spacial score (nSPS) is 18.4. The average molecular weight is 335 g/mol. The van der Waals surface area contributed by atoms with E-state index >= 15 is 0 Å². The molecule has 2 aromatic rings. The Labute approximate surface area is 124 Å². The van der Waals surface area contributed by atoms with E-state index in [0.29, 0.717) is 12.2 Å². The molecule has 2 aromatic carbocycles. The van der Waals surface area contributed by atoms with Crippen molar-refractivity contribution in [1.82, 2.24) is 0 Å². The highest BCUT2D eigenvalue weighted by Gasteiger charge is 2.24. The van der Waals surface area contributed by atoms with Gasteiger partial charge in [-0.1, -0.05) is 40.2 Å². The summed E-state index contributed by atoms with van der Waals surface area (Å²) < 4.78 is 6.40. The molecule has 96 valence electrons. The molecule has 1 atom stereocenters. The van der Waals surface area contributed by atoms with Crippen LogP contribution in [-0.2, 0) is 4.74 Å². The Hall–Kier alpha value is -1.26. The Kier molecular flexibility index (Phi) is 3.62. The Morgan fingerprint density at radius 1 is 1.11 bits per heavy atom. The molecule has 4 heteroatoms. The number of rotatable bonds is 1. The van der Waals surface area contributed by atoms with Crippen molar-refractivity contribution in [3.05, 3.63) is 64.1 Å². The maximum atomic E-state index is 11.9. The molecule has 1 heterocycles. The summed E-state index contributed by atoms with van der Waals surface area (Å²) in [4.78, 5) is 12.9. The van der Waals surface area contributed by atoms with Crippen LogP contribution in [0.1, 0.15) is 21.2 Å². The molecule has 0 radical (unpaired) electrons. The number of hydrogen-bond donors (Lipinski definition) is 0. The fourth-order valence-corrected chi connectivity index (χ4v) is 3.43. The molecule has 2 nitrogen and oxygen atoms in total. The predicted octanol–water partition coefficient (Wildman–Crippen LogP) is 4.45. The van der Waals surface area contributed by atoms with Crippen molar-refractivity contribution in [3.8, 4) is 0 Å². The number of halogens is 1. The van der Waals surface area contributed by atoms with Crippen LogP contribution >= 0.6 is 27.7 Å². The molecule has 0 fully saturated rings. The van der Waals surface area contributed by atoms with Gasteiger partial charge in [-0.25, -0.2) is 4.79 Å². The lowest BCUT2D eigenvalue weighted by Crippen LogP contribution is -2.07. The Bertz CT molecular complexity index is 610. The van der Waals surface area contributed by atoms with Crippen LogP contribution in [0.3, 0.4) is 0 Å². The van der Waals surface area contributed by atoms with Gasteiger partial charge in [0.05, 0.1) is 10.8 Å². The van der Waals surface area contributed by atoms with Crippen molar-refractivity contribution in [1.29, 1.82) is 0 Å². The van der Waals surface area contributed by atoms with E-state index in [4.69, 9.17) is 4.74 Å². The minimum atomic E-state index is -0.234. The minimum Gasteiger partial charge on any atom is -0.461 e. The van der Waals surface area contributed by atoms with Crippen molar-refractivity contribution in [3.63, 3.8) is 0 Å². The van der Waals surface area contributed by atoms with E-state index in [1.54, 1.807) is 11.8 Å². The van der Waals surface area contributed by atoms with Gasteiger partial charge in [0.15, 0.2) is 0 Å². The highest BCUT2D eigenvalue weighted by molar-refractivity contribution is 9.10. The SMILES string of the molecule is O=C1OCC(c2ccc(Br)cc2)Sc2ccccc21. The monoisotopic (exact) mass is 334 g/mol. The topological polar surface area (TPSA) is 26.3 Å². The quantitative estimate of drug-likeness (QED) is 0.720. The van der Waals surface area contributed by atoms with E-state index < -0.39 is 0 Å². The van der Waals surface area contributed by atoms with Gasteiger partial charge in [0.25, 0.3) is 0 Å². The van der Waals surface area contributed by atoms with Gasteiger partial charge in [0.2, 0.25) is 0 Å². The Morgan fingerprint density at radius 3 is 2.63 bits per heavy atom. The van der Waals surface area contributed by atoms with E-state index in [1.807, 2.05) is 36.4 Å². The molecule has 0 spiro atoms. The average Bonchev–Trinajstić information content (AvgIpc) is 2.60. The van der Waals surface area contributed by atoms with Gasteiger partial charge in [-0.15, -0.1) is 11.8 Å². The van der Waals surface area contributed by atoms with Crippen molar-refractivity contribution >= 4 is 33.7 Å². The smallest absolute Gasteiger partial charge is 0.339 e. The zero-order chi connectivity index (χ0) is 13.2. The Morgan fingerprint density at radius 2 is 1.84 bits per heavy atom. The summed E-state index contributed by atoms with van der Waals surface area (Å²) in [5, 5.41) is 0.140. The number of fused-ring (bicyclic) bond motifs is 1. The van der Waals surface area contributed by atoms with E-state index in [0.717, 1.165) is 14.9 Å². The summed E-state index contributed by atoms with van der Waals surface area (Å²) in [5.41, 5.74) is 1.82. The zero-order valence-corrected chi connectivity index (χ0v) is 12.4. The minimum absolute atomic E-state index is 0.140. The standard InChI is InChI=1S/C15H11BrO2S/c16-11-7-5-10(6-8-11)14-9-18-15(17)12-3-1-2-4-13(12)19-14/h1-8,14H,9H2. The molecular weight excluding hydrogens is 324 g/mol. The van der Waals surface area contributed by atoms with Crippen LogP contribution < -0.4 is 0 Å². The molecule has 1 aliphatic heterocycles. The van der Waals surface area contributed by atoms with Crippen LogP contribution in [0.15, 0.2) is 57.9 Å². The third kappa shape index (κ3) is 2.69. The summed E-state index contributed by atoms with van der Waals surface area (Å²) in [6.45, 7) is 0.403. The van der Waals surface area contributed by atoms with Gasteiger partial charge < -0.3 is 4.74 Å². The third-order valence-electron chi connectivity index (χ3n) is 2.98. The number of esters is 1. The molecule has 1 unspecified atom stereocenters. The van der Waals surface area contributed by atoms with Crippen molar-refractivity contribution in [2.45, 2.75) is 10.1 Å². The predicted molar refractivity (Wildman–Crippen MR) is 79.5 cm³/mol. The van der Waals surface area contributed by atoms with Crippen LogP contribution in [0.5, 0.6) is 0 Å². The zero-order valence-electron chi connectivity index (χ0n) is 10.0. The number of thioether (sulfide) groups is 1. The van der Waals surface area contributed by atoms with E-state index in [1.165, 1.54) is 0 Å². The molecule has 0 bridgehead atoms. The molecule has 3 rings (SSSR count). The molecule has 0 amide bonds. The van der Waals surface area contributed by atoms with Crippen LogP contribution in [0.2, 0.25) is 0 Å². The van der Waals surface area contributed by atoms with Crippen LogP contribution in [0.25, 0.3) is 0 Å². The first-order valence-electron chi connectivity index (χ1n) is 5.92. The summed E-state index contributed by atoms with van der Waals surface area (Å²) in [7, 11) is 0. The first-order chi connectivity index (χ1) is 9.24. The molecule has 0 N–H and O–H groups in total. The molecular formula is C15H11BrO2S. The molecule has 0 saturated carbocycles. The summed E-state index contributed by atoms with van der Waals surface area (Å²) in [6, 6.07) is 15.7. The lowest BCUT2D eigenvalue weighted by Gasteiger charge is -2.13. The maximum Gasteiger partial charge on any atom is 0.339 e. The lowest BCUT2D eigenvalue weighted by molar-refractivity contribution is 0.0507. The number of cyclic esters (lactones) is 1. The number of ether oxygens (including phenoxy) is 1. The second-order valence-corrected chi connectivity index (χ2v) is 6.41. The van der Waals surface area contributed by atoms with Gasteiger partial charge in [0, 0.05) is 9.37 Å². The van der Waals surface area contributed by atoms with Crippen LogP contribution in [-0.4, -0.2) is 12.6 Å². The van der Waals surface area contributed by atoms with E-state index in [9.17, 15) is 4.79 Å². The summed E-state index contributed by atoms with van der Waals surface area (Å²) in [6.07, 6.45) is 0. The summed E-state index contributed by atoms with van der Waals surface area (Å²) in [5.74, 6) is -0.234. The maximum absolute atomic E-state index is 11.9. The van der Waals surface area contributed by atoms with Crippen LogP contribution in [0.4, 0.5) is 0 Å². The fourth-order valence-electron chi connectivity index (χ4n) is 2.00. The fraction of sp³-hybridized carbons (Fsp3) is 0.133. The van der Waals surface area contributed by atoms with Gasteiger partial charge >= 0.3 is 5.97 Å². The van der Waals surface area contributed by atoms with Crippen LogP contribution in [0, 0.1) is 0 Å². The largest absolute Gasteiger partial charge is 0.461 e. The molecule has 1 aliphatic rings. The number of benzene rings is 2. The second-order valence-electron chi connectivity index (χ2n) is 4.25. The first kappa shape index (κ1) is 12.8. The molecule has 0 saturated heterocycles. The van der Waals surface area contributed by atoms with Crippen molar-refractivity contribution in [2.75, 3.05) is 6.61 Å². The molecule has 0 aromatic heterocycles. The van der Waals surface area contributed by atoms with Gasteiger partial charge in [0.1, 0.15) is 6.61 Å². The van der Waals surface area contributed by atoms with E-state index in [2.05, 4.69) is 28.1 Å². The summed E-state index contributed by atoms with van der Waals surface area (Å²) >= 11 is 5.11. The highest BCUT2D eigenvalue weighted by Crippen LogP contribution is 2.40. The van der Waals surface area contributed by atoms with Gasteiger partial charge in [-0.3, -0.25) is 0 Å². The second kappa shape index (κ2) is 5.39. The van der Waals surface area contributed by atoms with Crippen molar-refractivity contribution < 1.29 is 9.53 Å². The van der Waals surface area contributed by atoms with Gasteiger partial charge in [-0.2, -0.15) is 0 Å². The Balaban J connectivity index is 1.94.